The average Bonchev–Trinajstić information content (AvgIpc) is 3.12. The van der Waals surface area contributed by atoms with Gasteiger partial charge in [-0.15, -0.1) is 0 Å². The predicted octanol–water partition coefficient (Wildman–Crippen LogP) is -3.92. The number of ether oxygens (including phenoxy) is 6. The molecule has 20 heteroatoms. The van der Waals surface area contributed by atoms with Gasteiger partial charge in [0.05, 0.1) is 19.3 Å². The maximum absolute atomic E-state index is 13.1. The molecule has 20 nitrogen and oxygen atoms in total. The molecule has 0 aliphatic carbocycles. The molecule has 292 valence electrons. The average molecular weight is 757 g/mol. The molecule has 53 heavy (non-hydrogen) atoms. The molecule has 3 aliphatic heterocycles. The SMILES string of the molecule is C[C@@H]1O[C@@H](O[C@H]2[C@H](Oc3cc(O)c4c(=O)cc(-c5ccc(O[C@@H]6O[C@@H](CO)[C@@H](O)[C@H](O)[C@H]6O)c(O)c5)oc4c3)O[C@@H](CO)[C@@H](O)[C@@H]2O)[C@H](O)[C@@H](O)[C@H]1O. The monoisotopic (exact) mass is 756 g/mol. The van der Waals surface area contributed by atoms with Gasteiger partial charge in [0, 0.05) is 23.8 Å². The molecule has 0 saturated carbocycles. The topological polar surface area (TPSA) is 328 Å². The number of aromatic hydroxyl groups is 2. The highest BCUT2D eigenvalue weighted by molar-refractivity contribution is 5.86. The van der Waals surface area contributed by atoms with Gasteiger partial charge in [-0.1, -0.05) is 0 Å². The fraction of sp³-hybridized carbons (Fsp3) is 0.545. The molecule has 6 rings (SSSR count). The zero-order valence-corrected chi connectivity index (χ0v) is 27.7. The standard InChI is InChI=1S/C33H40O20/c1-10-22(39)25(42)28(45)31(47-10)53-30-27(44)24(41)20(9-35)52-33(30)48-12-5-14(37)21-15(38)7-17(49-18(21)6-12)11-2-3-16(13(36)4-11)50-32-29(46)26(43)23(40)19(8-34)51-32/h2-7,10,19-20,22-37,39-46H,8-9H2,1H3/t10-,19-,20-,22-,23+,24+,25-,26-,27-,28+,29+,30+,31-,32+,33+/m0/s1. The fourth-order valence-corrected chi connectivity index (χ4v) is 6.22. The summed E-state index contributed by atoms with van der Waals surface area (Å²) in [5.41, 5.74) is -0.847. The number of hydrogen-bond donors (Lipinski definition) is 12. The van der Waals surface area contributed by atoms with Crippen LogP contribution in [0.25, 0.3) is 22.3 Å². The molecule has 0 amide bonds. The summed E-state index contributed by atoms with van der Waals surface area (Å²) in [7, 11) is 0. The van der Waals surface area contributed by atoms with Crippen molar-refractivity contribution in [3.63, 3.8) is 0 Å². The molecule has 0 radical (unpaired) electrons. The van der Waals surface area contributed by atoms with Gasteiger partial charge in [-0.3, -0.25) is 4.79 Å². The Morgan fingerprint density at radius 3 is 1.92 bits per heavy atom. The lowest BCUT2D eigenvalue weighted by molar-refractivity contribution is -0.354. The summed E-state index contributed by atoms with van der Waals surface area (Å²) < 4.78 is 39.3. The van der Waals surface area contributed by atoms with Gasteiger partial charge in [-0.05, 0) is 25.1 Å². The third-order valence-electron chi connectivity index (χ3n) is 9.29. The van der Waals surface area contributed by atoms with Crippen molar-refractivity contribution in [3.8, 4) is 34.3 Å². The van der Waals surface area contributed by atoms with Crippen molar-refractivity contribution in [2.24, 2.45) is 0 Å². The summed E-state index contributed by atoms with van der Waals surface area (Å²) >= 11 is 0. The highest BCUT2D eigenvalue weighted by atomic mass is 16.8. The van der Waals surface area contributed by atoms with Gasteiger partial charge in [0.15, 0.2) is 29.3 Å². The van der Waals surface area contributed by atoms with Crippen LogP contribution in [0.3, 0.4) is 0 Å². The second-order valence-corrected chi connectivity index (χ2v) is 12.9. The van der Waals surface area contributed by atoms with E-state index >= 15 is 0 Å². The lowest BCUT2D eigenvalue weighted by Crippen LogP contribution is -2.64. The summed E-state index contributed by atoms with van der Waals surface area (Å²) in [5.74, 6) is -1.77. The van der Waals surface area contributed by atoms with Gasteiger partial charge < -0.3 is 94.1 Å². The maximum Gasteiger partial charge on any atom is 0.229 e. The Labute approximate surface area is 298 Å². The van der Waals surface area contributed by atoms with E-state index in [1.165, 1.54) is 19.1 Å². The lowest BCUT2D eigenvalue weighted by Gasteiger charge is -2.45. The molecule has 1 aromatic heterocycles. The number of benzene rings is 2. The van der Waals surface area contributed by atoms with Crippen LogP contribution >= 0.6 is 0 Å². The van der Waals surface area contributed by atoms with Crippen LogP contribution in [0.5, 0.6) is 23.0 Å². The van der Waals surface area contributed by atoms with Crippen LogP contribution in [0.1, 0.15) is 6.92 Å². The number of aliphatic hydroxyl groups excluding tert-OH is 10. The molecule has 0 bridgehead atoms. The van der Waals surface area contributed by atoms with E-state index in [0.717, 1.165) is 24.3 Å². The van der Waals surface area contributed by atoms with Gasteiger partial charge in [0.25, 0.3) is 0 Å². The zero-order chi connectivity index (χ0) is 38.5. The van der Waals surface area contributed by atoms with E-state index < -0.39 is 122 Å². The van der Waals surface area contributed by atoms with Crippen molar-refractivity contribution in [2.45, 2.75) is 99.0 Å². The fourth-order valence-electron chi connectivity index (χ4n) is 6.22. The largest absolute Gasteiger partial charge is 0.507 e. The molecule has 3 saturated heterocycles. The first-order valence-electron chi connectivity index (χ1n) is 16.4. The number of fused-ring (bicyclic) bond motifs is 1. The van der Waals surface area contributed by atoms with Crippen LogP contribution in [0.15, 0.2) is 45.6 Å². The minimum Gasteiger partial charge on any atom is -0.507 e. The Hall–Kier alpha value is -3.71. The smallest absolute Gasteiger partial charge is 0.229 e. The Bertz CT molecular complexity index is 1800. The van der Waals surface area contributed by atoms with Gasteiger partial charge in [-0.2, -0.15) is 0 Å². The van der Waals surface area contributed by atoms with E-state index in [1.807, 2.05) is 0 Å². The van der Waals surface area contributed by atoms with E-state index in [4.69, 9.17) is 32.8 Å². The number of aliphatic hydroxyl groups is 10. The molecular formula is C33H40O20. The molecule has 12 N–H and O–H groups in total. The molecule has 0 spiro atoms. The molecule has 4 heterocycles. The van der Waals surface area contributed by atoms with Crippen molar-refractivity contribution in [1.29, 1.82) is 0 Å². The van der Waals surface area contributed by atoms with E-state index in [-0.39, 0.29) is 33.8 Å². The number of phenolic OH excluding ortho intramolecular Hbond substituents is 2. The third-order valence-corrected chi connectivity index (χ3v) is 9.29. The summed E-state index contributed by atoms with van der Waals surface area (Å²) in [5, 5.41) is 123. The summed E-state index contributed by atoms with van der Waals surface area (Å²) in [6.07, 6.45) is -24.0. The summed E-state index contributed by atoms with van der Waals surface area (Å²) in [6.45, 7) is -0.0943. The van der Waals surface area contributed by atoms with Crippen molar-refractivity contribution < 1.29 is 94.1 Å². The third kappa shape index (κ3) is 7.52. The van der Waals surface area contributed by atoms with Crippen LogP contribution in [-0.4, -0.2) is 167 Å². The lowest BCUT2D eigenvalue weighted by atomic mass is 9.97. The Morgan fingerprint density at radius 2 is 1.26 bits per heavy atom. The minimum atomic E-state index is -1.83. The van der Waals surface area contributed by atoms with Crippen molar-refractivity contribution >= 4 is 11.0 Å². The van der Waals surface area contributed by atoms with Crippen molar-refractivity contribution in [3.05, 3.63) is 46.6 Å². The summed E-state index contributed by atoms with van der Waals surface area (Å²) in [4.78, 5) is 13.1. The van der Waals surface area contributed by atoms with Crippen molar-refractivity contribution in [1.82, 2.24) is 0 Å². The summed E-state index contributed by atoms with van der Waals surface area (Å²) in [6, 6.07) is 6.89. The Kier molecular flexibility index (Phi) is 11.5. The Morgan fingerprint density at radius 1 is 0.642 bits per heavy atom. The molecule has 3 aromatic rings. The van der Waals surface area contributed by atoms with Crippen LogP contribution in [0.4, 0.5) is 0 Å². The first kappa shape index (κ1) is 39.0. The molecule has 3 aliphatic rings. The van der Waals surface area contributed by atoms with Gasteiger partial charge >= 0.3 is 0 Å². The number of hydrogen-bond acceptors (Lipinski definition) is 20. The van der Waals surface area contributed by atoms with Crippen LogP contribution < -0.4 is 14.9 Å². The zero-order valence-electron chi connectivity index (χ0n) is 27.7. The van der Waals surface area contributed by atoms with Crippen LogP contribution in [0.2, 0.25) is 0 Å². The number of phenols is 2. The van der Waals surface area contributed by atoms with Gasteiger partial charge in [0.1, 0.15) is 89.3 Å². The van der Waals surface area contributed by atoms with Gasteiger partial charge in [0.2, 0.25) is 12.6 Å². The molecule has 15 atom stereocenters. The highest BCUT2D eigenvalue weighted by Gasteiger charge is 2.51. The van der Waals surface area contributed by atoms with E-state index in [1.54, 1.807) is 0 Å². The van der Waals surface area contributed by atoms with Crippen LogP contribution in [0, 0.1) is 0 Å². The highest BCUT2D eigenvalue weighted by Crippen LogP contribution is 2.37. The normalized spacial score (nSPS) is 37.8. The molecule has 3 fully saturated rings. The first-order valence-corrected chi connectivity index (χ1v) is 16.4. The molecular weight excluding hydrogens is 716 g/mol. The number of rotatable bonds is 9. The van der Waals surface area contributed by atoms with E-state index in [0.29, 0.717) is 0 Å². The predicted molar refractivity (Wildman–Crippen MR) is 171 cm³/mol. The van der Waals surface area contributed by atoms with E-state index in [2.05, 4.69) is 0 Å². The van der Waals surface area contributed by atoms with Crippen LogP contribution in [-0.2, 0) is 18.9 Å². The second kappa shape index (κ2) is 15.6. The molecule has 0 unspecified atom stereocenters. The second-order valence-electron chi connectivity index (χ2n) is 12.9. The van der Waals surface area contributed by atoms with Gasteiger partial charge in [-0.25, -0.2) is 0 Å². The van der Waals surface area contributed by atoms with E-state index in [9.17, 15) is 66.1 Å². The first-order chi connectivity index (χ1) is 25.1. The molecule has 2 aromatic carbocycles. The maximum atomic E-state index is 13.1. The minimum absolute atomic E-state index is 0.119. The van der Waals surface area contributed by atoms with Crippen molar-refractivity contribution in [2.75, 3.05) is 13.2 Å². The quantitative estimate of drug-likeness (QED) is 0.0992. The Balaban J connectivity index is 1.26.